The minimum absolute atomic E-state index is 0.388. The van der Waals surface area contributed by atoms with E-state index in [1.165, 1.54) is 0 Å². The molecular weight excluding hydrogens is 260 g/mol. The van der Waals surface area contributed by atoms with Crippen LogP contribution in [-0.2, 0) is 0 Å². The van der Waals surface area contributed by atoms with Crippen LogP contribution in [0.4, 0.5) is 0 Å². The standard InChI is InChI=1S/C14H12N2O4/c1-17-10-3-4-12(18-2)11(7-10)13-15-14(20-16-13)9-5-6-19-8-9/h3-8H,1-2H3. The Labute approximate surface area is 114 Å². The Balaban J connectivity index is 2.04. The van der Waals surface area contributed by atoms with Gasteiger partial charge in [0.05, 0.1) is 31.6 Å². The second-order valence-corrected chi connectivity index (χ2v) is 4.00. The number of nitrogens with zero attached hydrogens (tertiary/aromatic N) is 2. The molecule has 3 rings (SSSR count). The van der Waals surface area contributed by atoms with Crippen molar-refractivity contribution >= 4 is 0 Å². The molecule has 0 amide bonds. The highest BCUT2D eigenvalue weighted by Gasteiger charge is 2.16. The zero-order chi connectivity index (χ0) is 13.9. The first kappa shape index (κ1) is 12.3. The first-order valence-electron chi connectivity index (χ1n) is 5.90. The van der Waals surface area contributed by atoms with Gasteiger partial charge in [0.1, 0.15) is 17.8 Å². The molecule has 3 aromatic rings. The Morgan fingerprint density at radius 3 is 2.70 bits per heavy atom. The highest BCUT2D eigenvalue weighted by atomic mass is 16.5. The van der Waals surface area contributed by atoms with Gasteiger partial charge < -0.3 is 18.4 Å². The first-order valence-corrected chi connectivity index (χ1v) is 5.90. The van der Waals surface area contributed by atoms with Gasteiger partial charge in [0, 0.05) is 0 Å². The molecule has 0 atom stereocenters. The van der Waals surface area contributed by atoms with Gasteiger partial charge in [-0.15, -0.1) is 0 Å². The van der Waals surface area contributed by atoms with Crippen LogP contribution in [0.25, 0.3) is 22.8 Å². The van der Waals surface area contributed by atoms with E-state index in [2.05, 4.69) is 10.1 Å². The molecule has 6 nitrogen and oxygen atoms in total. The lowest BCUT2D eigenvalue weighted by atomic mass is 10.2. The highest BCUT2D eigenvalue weighted by molar-refractivity contribution is 5.67. The van der Waals surface area contributed by atoms with Gasteiger partial charge in [-0.1, -0.05) is 5.16 Å². The number of hydrogen-bond acceptors (Lipinski definition) is 6. The van der Waals surface area contributed by atoms with Crippen molar-refractivity contribution in [3.8, 4) is 34.3 Å². The summed E-state index contributed by atoms with van der Waals surface area (Å²) in [4.78, 5) is 4.33. The molecule has 20 heavy (non-hydrogen) atoms. The van der Waals surface area contributed by atoms with E-state index in [0.29, 0.717) is 28.8 Å². The second-order valence-electron chi connectivity index (χ2n) is 4.00. The van der Waals surface area contributed by atoms with Crippen LogP contribution in [0, 0.1) is 0 Å². The molecule has 0 aliphatic heterocycles. The Morgan fingerprint density at radius 1 is 1.10 bits per heavy atom. The molecule has 2 heterocycles. The predicted octanol–water partition coefficient (Wildman–Crippen LogP) is 3.01. The van der Waals surface area contributed by atoms with Crippen LogP contribution in [-0.4, -0.2) is 24.4 Å². The van der Waals surface area contributed by atoms with E-state index in [0.717, 1.165) is 5.56 Å². The fraction of sp³-hybridized carbons (Fsp3) is 0.143. The molecule has 0 saturated carbocycles. The monoisotopic (exact) mass is 272 g/mol. The Hall–Kier alpha value is -2.76. The predicted molar refractivity (Wildman–Crippen MR) is 70.5 cm³/mol. The molecule has 0 aliphatic carbocycles. The number of hydrogen-bond donors (Lipinski definition) is 0. The van der Waals surface area contributed by atoms with Crippen molar-refractivity contribution in [2.45, 2.75) is 0 Å². The second kappa shape index (κ2) is 5.08. The van der Waals surface area contributed by atoms with Gasteiger partial charge in [-0.3, -0.25) is 0 Å². The van der Waals surface area contributed by atoms with Gasteiger partial charge in [-0.2, -0.15) is 4.98 Å². The van der Waals surface area contributed by atoms with Crippen LogP contribution in [0.2, 0.25) is 0 Å². The Morgan fingerprint density at radius 2 is 2.00 bits per heavy atom. The molecule has 0 bridgehead atoms. The van der Waals surface area contributed by atoms with Crippen LogP contribution in [0.15, 0.2) is 45.7 Å². The molecule has 0 saturated heterocycles. The van der Waals surface area contributed by atoms with E-state index in [-0.39, 0.29) is 0 Å². The van der Waals surface area contributed by atoms with Gasteiger partial charge in [0.2, 0.25) is 5.82 Å². The number of benzene rings is 1. The Bertz CT molecular complexity index is 704. The summed E-state index contributed by atoms with van der Waals surface area (Å²) in [6.45, 7) is 0. The van der Waals surface area contributed by atoms with E-state index in [1.807, 2.05) is 0 Å². The summed E-state index contributed by atoms with van der Waals surface area (Å²) < 4.78 is 20.7. The lowest BCUT2D eigenvalue weighted by Gasteiger charge is -2.06. The summed E-state index contributed by atoms with van der Waals surface area (Å²) in [6.07, 6.45) is 3.09. The fourth-order valence-corrected chi connectivity index (χ4v) is 1.83. The maximum atomic E-state index is 5.30. The van der Waals surface area contributed by atoms with Crippen molar-refractivity contribution in [1.29, 1.82) is 0 Å². The third-order valence-electron chi connectivity index (χ3n) is 2.84. The maximum Gasteiger partial charge on any atom is 0.261 e. The SMILES string of the molecule is COc1ccc(OC)c(-c2noc(-c3ccoc3)n2)c1. The molecule has 102 valence electrons. The molecule has 0 radical (unpaired) electrons. The van der Waals surface area contributed by atoms with Gasteiger partial charge in [-0.25, -0.2) is 0 Å². The number of rotatable bonds is 4. The summed E-state index contributed by atoms with van der Waals surface area (Å²) in [7, 11) is 3.18. The molecule has 0 unspecified atom stereocenters. The summed E-state index contributed by atoms with van der Waals surface area (Å²) in [5.41, 5.74) is 1.43. The molecule has 2 aromatic heterocycles. The van der Waals surface area contributed by atoms with Gasteiger partial charge >= 0.3 is 0 Å². The molecule has 0 fully saturated rings. The topological polar surface area (TPSA) is 70.5 Å². The average molecular weight is 272 g/mol. The van der Waals surface area contributed by atoms with E-state index in [9.17, 15) is 0 Å². The molecular formula is C14H12N2O4. The largest absolute Gasteiger partial charge is 0.497 e. The summed E-state index contributed by atoms with van der Waals surface area (Å²) >= 11 is 0. The van der Waals surface area contributed by atoms with Crippen LogP contribution in [0.3, 0.4) is 0 Å². The molecule has 6 heteroatoms. The zero-order valence-corrected chi connectivity index (χ0v) is 11.0. The number of ether oxygens (including phenoxy) is 2. The zero-order valence-electron chi connectivity index (χ0n) is 11.0. The summed E-state index contributed by atoms with van der Waals surface area (Å²) in [5, 5.41) is 3.96. The summed E-state index contributed by atoms with van der Waals surface area (Å²) in [5.74, 6) is 2.15. The molecule has 0 aliphatic rings. The Kier molecular flexibility index (Phi) is 3.12. The van der Waals surface area contributed by atoms with Crippen molar-refractivity contribution in [2.24, 2.45) is 0 Å². The van der Waals surface area contributed by atoms with Gasteiger partial charge in [-0.05, 0) is 24.3 Å². The molecule has 0 N–H and O–H groups in total. The smallest absolute Gasteiger partial charge is 0.261 e. The third kappa shape index (κ3) is 2.11. The normalized spacial score (nSPS) is 10.5. The van der Waals surface area contributed by atoms with Crippen molar-refractivity contribution < 1.29 is 18.4 Å². The third-order valence-corrected chi connectivity index (χ3v) is 2.84. The van der Waals surface area contributed by atoms with Crippen molar-refractivity contribution in [2.75, 3.05) is 14.2 Å². The number of methoxy groups -OCH3 is 2. The fourth-order valence-electron chi connectivity index (χ4n) is 1.83. The summed E-state index contributed by atoms with van der Waals surface area (Å²) in [6, 6.07) is 7.14. The quantitative estimate of drug-likeness (QED) is 0.727. The van der Waals surface area contributed by atoms with E-state index >= 15 is 0 Å². The van der Waals surface area contributed by atoms with Crippen molar-refractivity contribution in [1.82, 2.24) is 10.1 Å². The van der Waals surface area contributed by atoms with Gasteiger partial charge in [0.15, 0.2) is 0 Å². The van der Waals surface area contributed by atoms with E-state index in [4.69, 9.17) is 18.4 Å². The lowest BCUT2D eigenvalue weighted by Crippen LogP contribution is -1.91. The minimum Gasteiger partial charge on any atom is -0.497 e. The number of furan rings is 1. The van der Waals surface area contributed by atoms with E-state index < -0.39 is 0 Å². The van der Waals surface area contributed by atoms with Crippen molar-refractivity contribution in [3.05, 3.63) is 36.8 Å². The minimum atomic E-state index is 0.388. The van der Waals surface area contributed by atoms with Crippen LogP contribution >= 0.6 is 0 Å². The molecule has 1 aromatic carbocycles. The van der Waals surface area contributed by atoms with Gasteiger partial charge in [0.25, 0.3) is 5.89 Å². The van der Waals surface area contributed by atoms with Crippen molar-refractivity contribution in [3.63, 3.8) is 0 Å². The average Bonchev–Trinajstić information content (AvgIpc) is 3.17. The van der Waals surface area contributed by atoms with Crippen LogP contribution < -0.4 is 9.47 Å². The molecule has 0 spiro atoms. The van der Waals surface area contributed by atoms with Crippen LogP contribution in [0.1, 0.15) is 0 Å². The van der Waals surface area contributed by atoms with E-state index in [1.54, 1.807) is 51.0 Å². The number of aromatic nitrogens is 2. The maximum absolute atomic E-state index is 5.30. The lowest BCUT2D eigenvalue weighted by molar-refractivity contribution is 0.403. The first-order chi connectivity index (χ1) is 9.81. The van der Waals surface area contributed by atoms with Crippen LogP contribution in [0.5, 0.6) is 11.5 Å². The highest BCUT2D eigenvalue weighted by Crippen LogP contribution is 2.32.